The molecule has 0 saturated carbocycles. The quantitative estimate of drug-likeness (QED) is 0.486. The van der Waals surface area contributed by atoms with Crippen molar-refractivity contribution in [2.45, 2.75) is 27.7 Å². The summed E-state index contributed by atoms with van der Waals surface area (Å²) in [5.74, 6) is 0. The van der Waals surface area contributed by atoms with Gasteiger partial charge in [0.05, 0.1) is 0 Å². The molecule has 0 aliphatic heterocycles. The zero-order valence-electron chi connectivity index (χ0n) is 14.1. The monoisotopic (exact) mass is 433 g/mol. The van der Waals surface area contributed by atoms with E-state index >= 15 is 0 Å². The summed E-state index contributed by atoms with van der Waals surface area (Å²) in [4.78, 5) is 2.28. The van der Waals surface area contributed by atoms with Gasteiger partial charge in [-0.2, -0.15) is 0 Å². The molecule has 0 N–H and O–H groups in total. The number of hydrogen-bond donors (Lipinski definition) is 0. The van der Waals surface area contributed by atoms with Crippen LogP contribution in [0, 0.1) is 12.3 Å². The van der Waals surface area contributed by atoms with Crippen LogP contribution < -0.4 is 4.81 Å². The molecule has 0 unspecified atom stereocenters. The first-order valence-electron chi connectivity index (χ1n) is 7.70. The Kier molecular flexibility index (Phi) is 6.16. The van der Waals surface area contributed by atoms with Crippen LogP contribution in [0.2, 0.25) is 0 Å². The lowest BCUT2D eigenvalue weighted by Crippen LogP contribution is -2.35. The van der Waals surface area contributed by atoms with Crippen LogP contribution in [0.5, 0.6) is 0 Å². The van der Waals surface area contributed by atoms with Crippen molar-refractivity contribution in [2.24, 2.45) is 5.41 Å². The molecule has 4 heteroatoms. The normalized spacial score (nSPS) is 12.2. The van der Waals surface area contributed by atoms with Gasteiger partial charge in [0, 0.05) is 16.8 Å². The van der Waals surface area contributed by atoms with Crippen LogP contribution in [0.1, 0.15) is 31.9 Å². The fourth-order valence-electron chi connectivity index (χ4n) is 2.51. The molecule has 0 aliphatic rings. The minimum atomic E-state index is -0.000617. The first-order valence-corrected chi connectivity index (χ1v) is 9.53. The van der Waals surface area contributed by atoms with Crippen LogP contribution >= 0.6 is 31.5 Å². The minimum Gasteiger partial charge on any atom is -0.369 e. The zero-order valence-corrected chi connectivity index (χ0v) is 17.2. The molecule has 23 heavy (non-hydrogen) atoms. The van der Waals surface area contributed by atoms with E-state index in [2.05, 4.69) is 119 Å². The summed E-state index contributed by atoms with van der Waals surface area (Å²) >= 11 is 7.40. The Bertz CT molecular complexity index is 675. The highest BCUT2D eigenvalue weighted by molar-refractivity contribution is 9.49. The molecule has 0 radical (unpaired) electrons. The highest BCUT2D eigenvalue weighted by atomic mass is 79.9. The molecule has 120 valence electrons. The average Bonchev–Trinajstić information content (AvgIpc) is 2.46. The number of allylic oxidation sites excluding steroid dienone is 1. The molecule has 0 aliphatic carbocycles. The van der Waals surface area contributed by atoms with Crippen LogP contribution in [0.4, 0.5) is 5.69 Å². The number of anilines is 1. The van der Waals surface area contributed by atoms with Crippen LogP contribution in [-0.2, 0) is 0 Å². The third-order valence-corrected chi connectivity index (χ3v) is 4.42. The maximum atomic E-state index is 3.70. The third-order valence-electron chi connectivity index (χ3n) is 3.60. The van der Waals surface area contributed by atoms with E-state index in [-0.39, 0.29) is 9.91 Å². The number of hydrogen-bond acceptors (Lipinski definition) is 1. The van der Waals surface area contributed by atoms with E-state index in [1.807, 2.05) is 6.07 Å². The highest BCUT2D eigenvalue weighted by Crippen LogP contribution is 2.36. The van der Waals surface area contributed by atoms with Gasteiger partial charge < -0.3 is 4.81 Å². The van der Waals surface area contributed by atoms with Gasteiger partial charge in [0.15, 0.2) is 0 Å². The summed E-state index contributed by atoms with van der Waals surface area (Å²) in [6.45, 7) is 8.85. The molecular weight excluding hydrogens is 413 g/mol. The largest absolute Gasteiger partial charge is 0.415 e. The molecule has 0 amide bonds. The molecule has 1 nitrogen and oxygen atoms in total. The summed E-state index contributed by atoms with van der Waals surface area (Å²) in [5, 5.41) is 0. The maximum absolute atomic E-state index is 3.70. The molecule has 0 spiro atoms. The SMILES string of the molecule is Cc1cccc(/C=C(\N(B(Br)Br)c2ccccc2)C(C)(C)C)c1. The molecular formula is C19H22BBr2N. The van der Waals surface area contributed by atoms with Crippen molar-refractivity contribution < 1.29 is 0 Å². The van der Waals surface area contributed by atoms with E-state index < -0.39 is 0 Å². The summed E-state index contributed by atoms with van der Waals surface area (Å²) < 4.78 is 0.0210. The number of para-hydroxylation sites is 1. The Labute approximate surface area is 156 Å². The molecule has 0 heterocycles. The summed E-state index contributed by atoms with van der Waals surface area (Å²) in [6, 6.07) is 19.0. The molecule has 2 aromatic rings. The fourth-order valence-corrected chi connectivity index (χ4v) is 3.42. The molecule has 0 atom stereocenters. The van der Waals surface area contributed by atoms with Gasteiger partial charge in [0.25, 0.3) is 0 Å². The van der Waals surface area contributed by atoms with Crippen molar-refractivity contribution in [3.63, 3.8) is 0 Å². The molecule has 0 saturated heterocycles. The fraction of sp³-hybridized carbons (Fsp3) is 0.263. The number of nitrogens with zero attached hydrogens (tertiary/aromatic N) is 1. The molecule has 2 rings (SSSR count). The van der Waals surface area contributed by atoms with Crippen molar-refractivity contribution in [3.05, 3.63) is 71.4 Å². The first-order chi connectivity index (χ1) is 10.8. The van der Waals surface area contributed by atoms with Gasteiger partial charge in [-0.05, 0) is 30.7 Å². The van der Waals surface area contributed by atoms with E-state index in [9.17, 15) is 0 Å². The Morgan fingerprint density at radius 2 is 1.65 bits per heavy atom. The van der Waals surface area contributed by atoms with Gasteiger partial charge >= 0.3 is 4.50 Å². The van der Waals surface area contributed by atoms with Crippen molar-refractivity contribution in [3.8, 4) is 0 Å². The Hall–Kier alpha value is -0.995. The topological polar surface area (TPSA) is 3.24 Å². The van der Waals surface area contributed by atoms with Gasteiger partial charge in [-0.15, -0.1) is 31.5 Å². The number of halogens is 2. The first kappa shape index (κ1) is 18.3. The van der Waals surface area contributed by atoms with Crippen LogP contribution in [0.15, 0.2) is 60.3 Å². The predicted octanol–water partition coefficient (Wildman–Crippen LogP) is 6.66. The van der Waals surface area contributed by atoms with E-state index in [1.54, 1.807) is 0 Å². The van der Waals surface area contributed by atoms with Gasteiger partial charge in [0.2, 0.25) is 0 Å². The second kappa shape index (κ2) is 7.72. The standard InChI is InChI=1S/C19H22BBr2N/c1-15-9-8-10-16(13-15)14-18(19(2,3)4)23(20(21)22)17-11-6-5-7-12-17/h5-14H,1-4H3/b18-14-. The third kappa shape index (κ3) is 4.99. The lowest BCUT2D eigenvalue weighted by atomic mass is 9.87. The number of rotatable bonds is 4. The number of benzene rings is 2. The zero-order chi connectivity index (χ0) is 17.0. The molecule has 0 aromatic heterocycles. The van der Waals surface area contributed by atoms with Gasteiger partial charge in [-0.25, -0.2) is 0 Å². The smallest absolute Gasteiger partial charge is 0.369 e. The second-order valence-electron chi connectivity index (χ2n) is 6.68. The van der Waals surface area contributed by atoms with Crippen molar-refractivity contribution in [2.75, 3.05) is 4.81 Å². The Morgan fingerprint density at radius 1 is 1.00 bits per heavy atom. The second-order valence-corrected chi connectivity index (χ2v) is 9.64. The van der Waals surface area contributed by atoms with Crippen LogP contribution in [0.3, 0.4) is 0 Å². The number of aryl methyl sites for hydroxylation is 1. The van der Waals surface area contributed by atoms with E-state index in [4.69, 9.17) is 0 Å². The minimum absolute atomic E-state index is 0.000617. The van der Waals surface area contributed by atoms with Crippen molar-refractivity contribution in [1.82, 2.24) is 0 Å². The van der Waals surface area contributed by atoms with E-state index in [0.717, 1.165) is 5.69 Å². The Balaban J connectivity index is 2.57. The molecule has 2 aromatic carbocycles. The van der Waals surface area contributed by atoms with Gasteiger partial charge in [0.1, 0.15) is 0 Å². The molecule has 0 fully saturated rings. The van der Waals surface area contributed by atoms with E-state index in [1.165, 1.54) is 16.8 Å². The maximum Gasteiger partial charge on any atom is 0.415 e. The van der Waals surface area contributed by atoms with Crippen LogP contribution in [0.25, 0.3) is 6.08 Å². The molecule has 0 bridgehead atoms. The van der Waals surface area contributed by atoms with Gasteiger partial charge in [-0.3, -0.25) is 0 Å². The predicted molar refractivity (Wildman–Crippen MR) is 111 cm³/mol. The van der Waals surface area contributed by atoms with Crippen molar-refractivity contribution in [1.29, 1.82) is 0 Å². The van der Waals surface area contributed by atoms with Crippen molar-refractivity contribution >= 4 is 47.8 Å². The summed E-state index contributed by atoms with van der Waals surface area (Å²) in [5.41, 5.74) is 4.89. The van der Waals surface area contributed by atoms with E-state index in [0.29, 0.717) is 0 Å². The highest BCUT2D eigenvalue weighted by Gasteiger charge is 2.29. The Morgan fingerprint density at radius 3 is 2.17 bits per heavy atom. The lowest BCUT2D eigenvalue weighted by molar-refractivity contribution is 0.502. The summed E-state index contributed by atoms with van der Waals surface area (Å²) in [7, 11) is 0. The lowest BCUT2D eigenvalue weighted by Gasteiger charge is -2.36. The summed E-state index contributed by atoms with van der Waals surface area (Å²) in [6.07, 6.45) is 2.27. The average molecular weight is 435 g/mol. The van der Waals surface area contributed by atoms with Crippen LogP contribution in [-0.4, -0.2) is 4.50 Å². The van der Waals surface area contributed by atoms with Gasteiger partial charge in [-0.1, -0.05) is 68.8 Å².